The fourth-order valence-corrected chi connectivity index (χ4v) is 1.22. The van der Waals surface area contributed by atoms with Crippen molar-refractivity contribution in [2.45, 2.75) is 19.4 Å². The Balaban J connectivity index is 2.55. The summed E-state index contributed by atoms with van der Waals surface area (Å²) in [4.78, 5) is 0. The van der Waals surface area contributed by atoms with Crippen molar-refractivity contribution in [1.82, 2.24) is 0 Å². The number of halogens is 1. The van der Waals surface area contributed by atoms with E-state index >= 15 is 0 Å². The second kappa shape index (κ2) is 5.89. The summed E-state index contributed by atoms with van der Waals surface area (Å²) in [6.45, 7) is 2.35. The van der Waals surface area contributed by atoms with Crippen LogP contribution in [-0.2, 0) is 0 Å². The van der Waals surface area contributed by atoms with Crippen molar-refractivity contribution in [3.8, 4) is 5.75 Å². The molecule has 2 nitrogen and oxygen atoms in total. The van der Waals surface area contributed by atoms with Gasteiger partial charge in [0, 0.05) is 5.88 Å². The largest absolute Gasteiger partial charge is 0.494 e. The summed E-state index contributed by atoms with van der Waals surface area (Å²) in [5, 5.41) is 9.34. The molecule has 3 heteroatoms. The molecule has 1 rings (SSSR count). The lowest BCUT2D eigenvalue weighted by molar-refractivity contribution is 0.198. The molecule has 0 spiro atoms. The number of hydrogen-bond donors (Lipinski definition) is 1. The van der Waals surface area contributed by atoms with Crippen LogP contribution in [0.5, 0.6) is 5.75 Å². The Morgan fingerprint density at radius 2 is 2.29 bits per heavy atom. The standard InChI is InChI=1S/C11H15ClO2/c1-9(13)10-4-2-5-11(8-10)14-7-3-6-12/h2,4-5,8-9,13H,3,6-7H2,1H3. The molecule has 0 bridgehead atoms. The first-order valence-corrected chi connectivity index (χ1v) is 5.24. The van der Waals surface area contributed by atoms with Crippen molar-refractivity contribution in [2.24, 2.45) is 0 Å². The van der Waals surface area contributed by atoms with Gasteiger partial charge in [-0.1, -0.05) is 12.1 Å². The molecule has 0 aliphatic carbocycles. The van der Waals surface area contributed by atoms with Gasteiger partial charge in [0.1, 0.15) is 5.75 Å². The molecule has 0 saturated heterocycles. The van der Waals surface area contributed by atoms with E-state index in [1.54, 1.807) is 6.92 Å². The molecule has 0 aliphatic heterocycles. The third-order valence-corrected chi connectivity index (χ3v) is 2.15. The maximum absolute atomic E-state index is 9.34. The molecule has 14 heavy (non-hydrogen) atoms. The molecular formula is C11H15ClO2. The highest BCUT2D eigenvalue weighted by molar-refractivity contribution is 6.17. The molecule has 0 fully saturated rings. The van der Waals surface area contributed by atoms with Gasteiger partial charge in [0.2, 0.25) is 0 Å². The summed E-state index contributed by atoms with van der Waals surface area (Å²) in [7, 11) is 0. The van der Waals surface area contributed by atoms with Crippen LogP contribution >= 0.6 is 11.6 Å². The molecule has 0 amide bonds. The first kappa shape index (κ1) is 11.3. The second-order valence-corrected chi connectivity index (χ2v) is 3.52. The molecule has 0 radical (unpaired) electrons. The quantitative estimate of drug-likeness (QED) is 0.603. The molecule has 0 heterocycles. The lowest BCUT2D eigenvalue weighted by Crippen LogP contribution is -1.99. The van der Waals surface area contributed by atoms with Gasteiger partial charge in [0.25, 0.3) is 0 Å². The van der Waals surface area contributed by atoms with Gasteiger partial charge in [-0.3, -0.25) is 0 Å². The zero-order valence-corrected chi connectivity index (χ0v) is 9.00. The number of alkyl halides is 1. The second-order valence-electron chi connectivity index (χ2n) is 3.14. The van der Waals surface area contributed by atoms with Crippen LogP contribution in [0.15, 0.2) is 24.3 Å². The van der Waals surface area contributed by atoms with E-state index in [0.717, 1.165) is 17.7 Å². The van der Waals surface area contributed by atoms with Crippen LogP contribution < -0.4 is 4.74 Å². The summed E-state index contributed by atoms with van der Waals surface area (Å²) in [5.74, 6) is 1.39. The average molecular weight is 215 g/mol. The first-order chi connectivity index (χ1) is 6.74. The molecule has 0 aliphatic rings. The molecule has 1 atom stereocenters. The van der Waals surface area contributed by atoms with E-state index in [2.05, 4.69) is 0 Å². The molecule has 1 aromatic carbocycles. The number of aliphatic hydroxyl groups is 1. The fraction of sp³-hybridized carbons (Fsp3) is 0.455. The summed E-state index contributed by atoms with van der Waals surface area (Å²) in [6.07, 6.45) is 0.382. The van der Waals surface area contributed by atoms with Gasteiger partial charge in [-0.15, -0.1) is 11.6 Å². The monoisotopic (exact) mass is 214 g/mol. The predicted octanol–water partition coefficient (Wildman–Crippen LogP) is 2.75. The number of hydrogen-bond acceptors (Lipinski definition) is 2. The van der Waals surface area contributed by atoms with Crippen molar-refractivity contribution in [3.05, 3.63) is 29.8 Å². The van der Waals surface area contributed by atoms with Crippen molar-refractivity contribution in [3.63, 3.8) is 0 Å². The number of ether oxygens (including phenoxy) is 1. The lowest BCUT2D eigenvalue weighted by Gasteiger charge is -2.08. The van der Waals surface area contributed by atoms with Crippen molar-refractivity contribution in [2.75, 3.05) is 12.5 Å². The Morgan fingerprint density at radius 3 is 2.93 bits per heavy atom. The minimum Gasteiger partial charge on any atom is -0.494 e. The third-order valence-electron chi connectivity index (χ3n) is 1.89. The minimum absolute atomic E-state index is 0.452. The lowest BCUT2D eigenvalue weighted by atomic mass is 10.1. The maximum atomic E-state index is 9.34. The molecular weight excluding hydrogens is 200 g/mol. The Bertz CT molecular complexity index is 274. The maximum Gasteiger partial charge on any atom is 0.119 e. The molecule has 78 valence electrons. The van der Waals surface area contributed by atoms with Gasteiger partial charge in [-0.05, 0) is 31.0 Å². The van der Waals surface area contributed by atoms with Gasteiger partial charge >= 0.3 is 0 Å². The van der Waals surface area contributed by atoms with Gasteiger partial charge in [0.05, 0.1) is 12.7 Å². The fourth-order valence-electron chi connectivity index (χ4n) is 1.11. The third kappa shape index (κ3) is 3.56. The van der Waals surface area contributed by atoms with Crippen LogP contribution in [0.2, 0.25) is 0 Å². The Hall–Kier alpha value is -0.730. The van der Waals surface area contributed by atoms with E-state index in [-0.39, 0.29) is 0 Å². The Morgan fingerprint density at radius 1 is 1.50 bits per heavy atom. The van der Waals surface area contributed by atoms with E-state index in [1.165, 1.54) is 0 Å². The zero-order chi connectivity index (χ0) is 10.4. The summed E-state index contributed by atoms with van der Waals surface area (Å²) in [5.41, 5.74) is 0.869. The van der Waals surface area contributed by atoms with Crippen LogP contribution in [0.1, 0.15) is 25.0 Å². The number of benzene rings is 1. The van der Waals surface area contributed by atoms with Crippen molar-refractivity contribution in [1.29, 1.82) is 0 Å². The van der Waals surface area contributed by atoms with Crippen LogP contribution in [0.4, 0.5) is 0 Å². The normalized spacial score (nSPS) is 12.5. The summed E-state index contributed by atoms with van der Waals surface area (Å²) in [6, 6.07) is 7.47. The zero-order valence-electron chi connectivity index (χ0n) is 8.24. The van der Waals surface area contributed by atoms with Crippen LogP contribution in [0, 0.1) is 0 Å². The summed E-state index contributed by atoms with van der Waals surface area (Å²) < 4.78 is 5.44. The number of aliphatic hydroxyl groups excluding tert-OH is 1. The van der Waals surface area contributed by atoms with E-state index in [0.29, 0.717) is 12.5 Å². The van der Waals surface area contributed by atoms with E-state index in [9.17, 15) is 5.11 Å². The summed E-state index contributed by atoms with van der Waals surface area (Å²) >= 11 is 5.53. The van der Waals surface area contributed by atoms with E-state index < -0.39 is 6.10 Å². The Kier molecular flexibility index (Phi) is 4.77. The van der Waals surface area contributed by atoms with Gasteiger partial charge in [-0.25, -0.2) is 0 Å². The topological polar surface area (TPSA) is 29.5 Å². The van der Waals surface area contributed by atoms with Crippen molar-refractivity contribution < 1.29 is 9.84 Å². The minimum atomic E-state index is -0.452. The van der Waals surface area contributed by atoms with Crippen LogP contribution in [-0.4, -0.2) is 17.6 Å². The molecule has 1 N–H and O–H groups in total. The molecule has 0 saturated carbocycles. The van der Waals surface area contributed by atoms with E-state index in [4.69, 9.17) is 16.3 Å². The van der Waals surface area contributed by atoms with Gasteiger partial charge in [-0.2, -0.15) is 0 Å². The van der Waals surface area contributed by atoms with Crippen LogP contribution in [0.25, 0.3) is 0 Å². The molecule has 1 aromatic rings. The van der Waals surface area contributed by atoms with E-state index in [1.807, 2.05) is 24.3 Å². The van der Waals surface area contributed by atoms with Gasteiger partial charge < -0.3 is 9.84 Å². The molecule has 1 unspecified atom stereocenters. The predicted molar refractivity (Wildman–Crippen MR) is 57.9 cm³/mol. The van der Waals surface area contributed by atoms with Gasteiger partial charge in [0.15, 0.2) is 0 Å². The number of rotatable bonds is 5. The highest BCUT2D eigenvalue weighted by Gasteiger charge is 2.01. The highest BCUT2D eigenvalue weighted by Crippen LogP contribution is 2.18. The van der Waals surface area contributed by atoms with Crippen LogP contribution in [0.3, 0.4) is 0 Å². The smallest absolute Gasteiger partial charge is 0.119 e. The SMILES string of the molecule is CC(O)c1cccc(OCCCCl)c1. The van der Waals surface area contributed by atoms with Crippen molar-refractivity contribution >= 4 is 11.6 Å². The average Bonchev–Trinajstić information content (AvgIpc) is 2.19. The Labute approximate surface area is 89.5 Å². The first-order valence-electron chi connectivity index (χ1n) is 4.71. The highest BCUT2D eigenvalue weighted by atomic mass is 35.5. The molecule has 0 aromatic heterocycles.